The zero-order chi connectivity index (χ0) is 15.4. The summed E-state index contributed by atoms with van der Waals surface area (Å²) >= 11 is 0. The van der Waals surface area contributed by atoms with Crippen LogP contribution in [0.1, 0.15) is 12.8 Å². The summed E-state index contributed by atoms with van der Waals surface area (Å²) in [5, 5.41) is 17.2. The molecule has 3 rings (SSSR count). The third-order valence-electron chi connectivity index (χ3n) is 3.93. The van der Waals surface area contributed by atoms with Gasteiger partial charge in [-0.2, -0.15) is 0 Å². The molecule has 2 heterocycles. The maximum Gasteiger partial charge on any atom is 0.256 e. The van der Waals surface area contributed by atoms with E-state index in [1.54, 1.807) is 7.11 Å². The predicted molar refractivity (Wildman–Crippen MR) is 86.9 cm³/mol. The van der Waals surface area contributed by atoms with Gasteiger partial charge in [-0.15, -0.1) is 17.5 Å². The Labute approximate surface area is 140 Å². The first kappa shape index (κ1) is 17.3. The molecule has 1 aromatic heterocycles. The van der Waals surface area contributed by atoms with Crippen LogP contribution in [0.2, 0.25) is 0 Å². The first-order valence-electron chi connectivity index (χ1n) is 7.14. The topological polar surface area (TPSA) is 94.0 Å². The lowest BCUT2D eigenvalue weighted by Gasteiger charge is -2.34. The van der Waals surface area contributed by atoms with Crippen molar-refractivity contribution in [3.05, 3.63) is 30.6 Å². The normalized spacial score (nSPS) is 16.4. The Kier molecular flexibility index (Phi) is 5.64. The van der Waals surface area contributed by atoms with Crippen molar-refractivity contribution in [2.24, 2.45) is 0 Å². The molecule has 124 valence electrons. The highest BCUT2D eigenvalue weighted by Gasteiger charge is 2.39. The summed E-state index contributed by atoms with van der Waals surface area (Å²) < 4.78 is 7.06. The Morgan fingerprint density at radius 1 is 1.39 bits per heavy atom. The van der Waals surface area contributed by atoms with E-state index in [-0.39, 0.29) is 18.3 Å². The van der Waals surface area contributed by atoms with E-state index in [1.165, 1.54) is 11.0 Å². The maximum atomic E-state index is 12.6. The molecule has 1 aliphatic rings. The van der Waals surface area contributed by atoms with Gasteiger partial charge in [0.25, 0.3) is 5.91 Å². The lowest BCUT2D eigenvalue weighted by atomic mass is 9.91. The molecular weight excluding hydrogens is 320 g/mol. The summed E-state index contributed by atoms with van der Waals surface area (Å²) in [5.74, 6) is -0.120. The van der Waals surface area contributed by atoms with Crippen LogP contribution in [0.5, 0.6) is 0 Å². The number of nitrogens with one attached hydrogen (secondary N) is 2. The number of anilines is 1. The molecule has 2 N–H and O–H groups in total. The molecule has 0 aliphatic carbocycles. The fourth-order valence-corrected chi connectivity index (χ4v) is 2.61. The molecule has 0 spiro atoms. The molecule has 2 aromatic rings. The van der Waals surface area contributed by atoms with Crippen molar-refractivity contribution in [1.29, 1.82) is 0 Å². The van der Waals surface area contributed by atoms with E-state index in [1.807, 2.05) is 24.3 Å². The van der Waals surface area contributed by atoms with Crippen molar-refractivity contribution in [3.63, 3.8) is 0 Å². The third-order valence-corrected chi connectivity index (χ3v) is 3.93. The number of aromatic nitrogens is 4. The molecule has 1 saturated heterocycles. The molecule has 9 heteroatoms. The molecular formula is C14H19ClN6O2. The number of amides is 1. The highest BCUT2D eigenvalue weighted by atomic mass is 35.5. The van der Waals surface area contributed by atoms with Crippen LogP contribution in [-0.2, 0) is 9.53 Å². The van der Waals surface area contributed by atoms with Gasteiger partial charge in [-0.05, 0) is 54.6 Å². The van der Waals surface area contributed by atoms with Crippen LogP contribution in [-0.4, -0.2) is 51.9 Å². The van der Waals surface area contributed by atoms with E-state index in [9.17, 15) is 4.79 Å². The van der Waals surface area contributed by atoms with E-state index in [2.05, 4.69) is 26.2 Å². The van der Waals surface area contributed by atoms with Crippen LogP contribution in [0.3, 0.4) is 0 Å². The maximum absolute atomic E-state index is 12.6. The van der Waals surface area contributed by atoms with Crippen molar-refractivity contribution in [3.8, 4) is 5.69 Å². The Bertz CT molecular complexity index is 642. The predicted octanol–water partition coefficient (Wildman–Crippen LogP) is 0.791. The van der Waals surface area contributed by atoms with Gasteiger partial charge in [-0.1, -0.05) is 6.07 Å². The molecule has 0 saturated carbocycles. The van der Waals surface area contributed by atoms with Crippen LogP contribution in [0.25, 0.3) is 5.69 Å². The van der Waals surface area contributed by atoms with Crippen molar-refractivity contribution in [1.82, 2.24) is 25.5 Å². The summed E-state index contributed by atoms with van der Waals surface area (Å²) in [4.78, 5) is 12.6. The van der Waals surface area contributed by atoms with Crippen molar-refractivity contribution < 1.29 is 9.53 Å². The van der Waals surface area contributed by atoms with E-state index in [0.29, 0.717) is 18.5 Å². The van der Waals surface area contributed by atoms with Gasteiger partial charge in [0.15, 0.2) is 0 Å². The molecule has 0 radical (unpaired) electrons. The Balaban J connectivity index is 0.00000192. The van der Waals surface area contributed by atoms with Gasteiger partial charge in [-0.3, -0.25) is 4.79 Å². The third kappa shape index (κ3) is 3.66. The highest BCUT2D eigenvalue weighted by molar-refractivity contribution is 5.97. The first-order chi connectivity index (χ1) is 10.7. The number of hydrogen-bond acceptors (Lipinski definition) is 6. The van der Waals surface area contributed by atoms with Crippen LogP contribution in [0.15, 0.2) is 30.6 Å². The minimum absolute atomic E-state index is 0. The van der Waals surface area contributed by atoms with E-state index >= 15 is 0 Å². The number of rotatable bonds is 4. The summed E-state index contributed by atoms with van der Waals surface area (Å²) in [6, 6.07) is 7.35. The number of piperidine rings is 1. The number of carbonyl (C=O) groups excluding carboxylic acids is 1. The summed E-state index contributed by atoms with van der Waals surface area (Å²) in [6.07, 6.45) is 2.81. The minimum Gasteiger partial charge on any atom is -0.368 e. The van der Waals surface area contributed by atoms with Crippen LogP contribution >= 0.6 is 12.4 Å². The zero-order valence-corrected chi connectivity index (χ0v) is 13.5. The highest BCUT2D eigenvalue weighted by Crippen LogP contribution is 2.25. The second-order valence-corrected chi connectivity index (χ2v) is 5.21. The van der Waals surface area contributed by atoms with Crippen molar-refractivity contribution >= 4 is 24.0 Å². The Morgan fingerprint density at radius 3 is 2.83 bits per heavy atom. The van der Waals surface area contributed by atoms with E-state index in [0.717, 1.165) is 18.8 Å². The number of tetrazole rings is 1. The molecule has 0 bridgehead atoms. The number of ether oxygens (including phenoxy) is 1. The fraction of sp³-hybridized carbons (Fsp3) is 0.429. The van der Waals surface area contributed by atoms with Crippen LogP contribution < -0.4 is 10.6 Å². The number of methoxy groups -OCH3 is 1. The van der Waals surface area contributed by atoms with Crippen molar-refractivity contribution in [2.45, 2.75) is 18.4 Å². The fourth-order valence-electron chi connectivity index (χ4n) is 2.61. The standard InChI is InChI=1S/C14H18N6O2.ClH/c1-22-14(5-7-15-8-6-14)13(21)17-11-3-2-4-12(9-11)20-10-16-18-19-20;/h2-4,9-10,15H,5-8H2,1H3,(H,17,21);1H. The quantitative estimate of drug-likeness (QED) is 0.856. The molecule has 1 amide bonds. The number of carbonyl (C=O) groups is 1. The summed E-state index contributed by atoms with van der Waals surface area (Å²) in [7, 11) is 1.59. The van der Waals surface area contributed by atoms with Crippen LogP contribution in [0.4, 0.5) is 5.69 Å². The van der Waals surface area contributed by atoms with Gasteiger partial charge in [0.2, 0.25) is 0 Å². The molecule has 1 fully saturated rings. The SMILES string of the molecule is COC1(C(=O)Nc2cccc(-n3cnnn3)c2)CCNCC1.Cl. The number of benzene rings is 1. The lowest BCUT2D eigenvalue weighted by molar-refractivity contribution is -0.140. The second kappa shape index (κ2) is 7.49. The number of halogens is 1. The monoisotopic (exact) mass is 338 g/mol. The van der Waals surface area contributed by atoms with Gasteiger partial charge in [0.05, 0.1) is 5.69 Å². The Hall–Kier alpha value is -2.03. The molecule has 0 unspecified atom stereocenters. The molecule has 0 atom stereocenters. The molecule has 23 heavy (non-hydrogen) atoms. The van der Waals surface area contributed by atoms with Gasteiger partial charge in [0.1, 0.15) is 11.9 Å². The molecule has 1 aromatic carbocycles. The number of nitrogens with zero attached hydrogens (tertiary/aromatic N) is 4. The average Bonchev–Trinajstić information content (AvgIpc) is 3.10. The first-order valence-corrected chi connectivity index (χ1v) is 7.14. The average molecular weight is 339 g/mol. The summed E-state index contributed by atoms with van der Waals surface area (Å²) in [6.45, 7) is 1.54. The minimum atomic E-state index is -0.768. The largest absolute Gasteiger partial charge is 0.368 e. The van der Waals surface area contributed by atoms with E-state index in [4.69, 9.17) is 4.74 Å². The Morgan fingerprint density at radius 2 is 2.17 bits per heavy atom. The summed E-state index contributed by atoms with van der Waals surface area (Å²) in [5.41, 5.74) is 0.698. The smallest absolute Gasteiger partial charge is 0.256 e. The second-order valence-electron chi connectivity index (χ2n) is 5.21. The van der Waals surface area contributed by atoms with Gasteiger partial charge < -0.3 is 15.4 Å². The molecule has 8 nitrogen and oxygen atoms in total. The van der Waals surface area contributed by atoms with Gasteiger partial charge >= 0.3 is 0 Å². The molecule has 1 aliphatic heterocycles. The van der Waals surface area contributed by atoms with Crippen LogP contribution in [0, 0.1) is 0 Å². The van der Waals surface area contributed by atoms with E-state index < -0.39 is 5.60 Å². The number of hydrogen-bond donors (Lipinski definition) is 2. The van der Waals surface area contributed by atoms with Gasteiger partial charge in [-0.25, -0.2) is 4.68 Å². The lowest BCUT2D eigenvalue weighted by Crippen LogP contribution is -2.51. The van der Waals surface area contributed by atoms with Crippen molar-refractivity contribution in [2.75, 3.05) is 25.5 Å². The zero-order valence-electron chi connectivity index (χ0n) is 12.7. The van der Waals surface area contributed by atoms with Gasteiger partial charge in [0, 0.05) is 12.8 Å².